The maximum Gasteiger partial charge on any atom is 0.349 e. The summed E-state index contributed by atoms with van der Waals surface area (Å²) in [5.41, 5.74) is 0.654. The summed E-state index contributed by atoms with van der Waals surface area (Å²) in [6.45, 7) is 6.16. The van der Waals surface area contributed by atoms with Crippen molar-refractivity contribution in [3.05, 3.63) is 74.4 Å². The third-order valence-electron chi connectivity index (χ3n) is 3.99. The summed E-state index contributed by atoms with van der Waals surface area (Å²) in [6.07, 6.45) is 1.32. The smallest absolute Gasteiger partial charge is 0.349 e. The first-order chi connectivity index (χ1) is 11.8. The number of phenolic OH excluding ortho intramolecular Hbond substituents is 1. The molecule has 0 saturated carbocycles. The van der Waals surface area contributed by atoms with Gasteiger partial charge in [0.05, 0.1) is 17.1 Å². The fourth-order valence-corrected chi connectivity index (χ4v) is 2.50. The largest absolute Gasteiger partial charge is 0.507 e. The van der Waals surface area contributed by atoms with Gasteiger partial charge in [-0.1, -0.05) is 39.0 Å². The lowest BCUT2D eigenvalue weighted by Gasteiger charge is -2.19. The van der Waals surface area contributed by atoms with Crippen LogP contribution in [0.2, 0.25) is 0 Å². The Balaban J connectivity index is 2.11. The molecule has 128 valence electrons. The Morgan fingerprint density at radius 1 is 1.12 bits per heavy atom. The summed E-state index contributed by atoms with van der Waals surface area (Å²) in [7, 11) is 0. The number of nitrogens with zero attached hydrogens (tertiary/aromatic N) is 2. The second kappa shape index (κ2) is 6.05. The summed E-state index contributed by atoms with van der Waals surface area (Å²) in [6, 6.07) is 11.9. The number of hydrogen-bond donors (Lipinski definition) is 2. The first-order valence-corrected chi connectivity index (χ1v) is 7.89. The highest BCUT2D eigenvalue weighted by atomic mass is 16.3. The SMILES string of the molecule is CC(C)(C)c1ccc(O)c(/C=N/n2c(=O)[nH]c3ccccc3c2=O)c1. The molecule has 1 heterocycles. The maximum atomic E-state index is 12.4. The van der Waals surface area contributed by atoms with Crippen LogP contribution in [-0.4, -0.2) is 21.0 Å². The van der Waals surface area contributed by atoms with E-state index in [2.05, 4.69) is 30.9 Å². The minimum absolute atomic E-state index is 0.0296. The van der Waals surface area contributed by atoms with Gasteiger partial charge >= 0.3 is 5.69 Å². The lowest BCUT2D eigenvalue weighted by Crippen LogP contribution is -2.32. The van der Waals surface area contributed by atoms with Crippen molar-refractivity contribution in [1.29, 1.82) is 0 Å². The minimum Gasteiger partial charge on any atom is -0.507 e. The number of aromatic nitrogens is 2. The molecule has 0 aliphatic carbocycles. The molecule has 0 amide bonds. The number of aromatic hydroxyl groups is 1. The Bertz CT molecular complexity index is 1090. The lowest BCUT2D eigenvalue weighted by atomic mass is 9.86. The van der Waals surface area contributed by atoms with Crippen LogP contribution in [0.3, 0.4) is 0 Å². The molecule has 0 aliphatic heterocycles. The van der Waals surface area contributed by atoms with Gasteiger partial charge in [0.25, 0.3) is 5.56 Å². The molecule has 6 nitrogen and oxygen atoms in total. The summed E-state index contributed by atoms with van der Waals surface area (Å²) in [5, 5.41) is 14.4. The molecule has 2 N–H and O–H groups in total. The van der Waals surface area contributed by atoms with E-state index in [1.54, 1.807) is 36.4 Å². The minimum atomic E-state index is -0.633. The zero-order chi connectivity index (χ0) is 18.2. The second-order valence-electron chi connectivity index (χ2n) is 6.86. The Hall–Kier alpha value is -3.15. The van der Waals surface area contributed by atoms with Crippen molar-refractivity contribution in [2.24, 2.45) is 5.10 Å². The van der Waals surface area contributed by atoms with Gasteiger partial charge < -0.3 is 10.1 Å². The van der Waals surface area contributed by atoms with Crippen molar-refractivity contribution in [2.75, 3.05) is 0 Å². The Labute approximate surface area is 144 Å². The molecule has 0 radical (unpaired) electrons. The fraction of sp³-hybridized carbons (Fsp3) is 0.211. The molecular weight excluding hydrogens is 318 g/mol. The van der Waals surface area contributed by atoms with Crippen molar-refractivity contribution in [3.63, 3.8) is 0 Å². The number of fused-ring (bicyclic) bond motifs is 1. The molecule has 0 unspecified atom stereocenters. The van der Waals surface area contributed by atoms with Crippen LogP contribution in [0.1, 0.15) is 31.9 Å². The summed E-state index contributed by atoms with van der Waals surface area (Å²) in [4.78, 5) is 27.2. The van der Waals surface area contributed by atoms with Crippen LogP contribution in [0.4, 0.5) is 0 Å². The molecule has 6 heteroatoms. The number of benzene rings is 2. The van der Waals surface area contributed by atoms with Gasteiger partial charge in [0.2, 0.25) is 0 Å². The lowest BCUT2D eigenvalue weighted by molar-refractivity contribution is 0.473. The van der Waals surface area contributed by atoms with E-state index < -0.39 is 11.2 Å². The highest BCUT2D eigenvalue weighted by molar-refractivity contribution is 5.84. The molecule has 0 saturated heterocycles. The van der Waals surface area contributed by atoms with E-state index in [9.17, 15) is 14.7 Å². The average molecular weight is 337 g/mol. The van der Waals surface area contributed by atoms with E-state index in [1.165, 1.54) is 6.21 Å². The van der Waals surface area contributed by atoms with E-state index in [4.69, 9.17) is 0 Å². The predicted molar refractivity (Wildman–Crippen MR) is 98.6 cm³/mol. The average Bonchev–Trinajstić information content (AvgIpc) is 2.55. The second-order valence-corrected chi connectivity index (χ2v) is 6.86. The van der Waals surface area contributed by atoms with Crippen molar-refractivity contribution < 1.29 is 5.11 Å². The Morgan fingerprint density at radius 3 is 2.56 bits per heavy atom. The van der Waals surface area contributed by atoms with Crippen molar-refractivity contribution >= 4 is 17.1 Å². The van der Waals surface area contributed by atoms with Crippen LogP contribution < -0.4 is 11.2 Å². The van der Waals surface area contributed by atoms with E-state index in [1.807, 2.05) is 6.07 Å². The molecule has 1 aromatic heterocycles. The van der Waals surface area contributed by atoms with Crippen LogP contribution in [0.25, 0.3) is 10.9 Å². The van der Waals surface area contributed by atoms with Crippen LogP contribution >= 0.6 is 0 Å². The Kier molecular flexibility index (Phi) is 4.04. The molecular formula is C19H19N3O3. The van der Waals surface area contributed by atoms with E-state index in [0.29, 0.717) is 16.5 Å². The summed E-state index contributed by atoms with van der Waals surface area (Å²) >= 11 is 0. The van der Waals surface area contributed by atoms with E-state index in [0.717, 1.165) is 10.2 Å². The molecule has 0 fully saturated rings. The van der Waals surface area contributed by atoms with Gasteiger partial charge in [-0.15, -0.1) is 4.68 Å². The molecule has 0 aliphatic rings. The maximum absolute atomic E-state index is 12.4. The topological polar surface area (TPSA) is 87.4 Å². The number of aromatic amines is 1. The van der Waals surface area contributed by atoms with Crippen LogP contribution in [0.5, 0.6) is 5.75 Å². The summed E-state index contributed by atoms with van der Waals surface area (Å²) < 4.78 is 0.755. The molecule has 0 bridgehead atoms. The third kappa shape index (κ3) is 3.24. The van der Waals surface area contributed by atoms with Crippen molar-refractivity contribution in [3.8, 4) is 5.75 Å². The molecule has 0 atom stereocenters. The quantitative estimate of drug-likeness (QED) is 0.705. The molecule has 25 heavy (non-hydrogen) atoms. The molecule has 0 spiro atoms. The Morgan fingerprint density at radius 2 is 1.84 bits per heavy atom. The van der Waals surface area contributed by atoms with Crippen molar-refractivity contribution in [2.45, 2.75) is 26.2 Å². The zero-order valence-electron chi connectivity index (χ0n) is 14.3. The van der Waals surface area contributed by atoms with Gasteiger partial charge in [-0.3, -0.25) is 4.79 Å². The van der Waals surface area contributed by atoms with Crippen LogP contribution in [-0.2, 0) is 5.41 Å². The van der Waals surface area contributed by atoms with Crippen LogP contribution in [0.15, 0.2) is 57.2 Å². The van der Waals surface area contributed by atoms with Crippen molar-refractivity contribution in [1.82, 2.24) is 9.66 Å². The van der Waals surface area contributed by atoms with Gasteiger partial charge in [0.15, 0.2) is 0 Å². The zero-order valence-corrected chi connectivity index (χ0v) is 14.3. The fourth-order valence-electron chi connectivity index (χ4n) is 2.50. The van der Waals surface area contributed by atoms with E-state index in [-0.39, 0.29) is 11.2 Å². The van der Waals surface area contributed by atoms with Gasteiger partial charge in [-0.2, -0.15) is 5.10 Å². The number of rotatable bonds is 2. The standard InChI is InChI=1S/C19H19N3O3/c1-19(2,3)13-8-9-16(23)12(10-13)11-20-22-17(24)14-6-4-5-7-15(14)21-18(22)25/h4-11,23H,1-3H3,(H,21,25)/b20-11+. The van der Waals surface area contributed by atoms with Crippen LogP contribution in [0, 0.1) is 0 Å². The number of para-hydroxylation sites is 1. The molecule has 3 rings (SSSR count). The third-order valence-corrected chi connectivity index (χ3v) is 3.99. The number of hydrogen-bond acceptors (Lipinski definition) is 4. The predicted octanol–water partition coefficient (Wildman–Crippen LogP) is 2.58. The van der Waals surface area contributed by atoms with Gasteiger partial charge in [-0.05, 0) is 35.2 Å². The number of H-pyrrole nitrogens is 1. The number of phenols is 1. The molecule has 2 aromatic carbocycles. The summed E-state index contributed by atoms with van der Waals surface area (Å²) in [5.74, 6) is 0.0296. The van der Waals surface area contributed by atoms with Gasteiger partial charge in [-0.25, -0.2) is 4.79 Å². The normalized spacial score (nSPS) is 12.1. The number of nitrogens with one attached hydrogen (secondary N) is 1. The molecule has 3 aromatic rings. The van der Waals surface area contributed by atoms with Gasteiger partial charge in [0, 0.05) is 5.56 Å². The highest BCUT2D eigenvalue weighted by Crippen LogP contribution is 2.26. The monoisotopic (exact) mass is 337 g/mol. The first-order valence-electron chi connectivity index (χ1n) is 7.89. The van der Waals surface area contributed by atoms with E-state index >= 15 is 0 Å². The first kappa shape index (κ1) is 16.7. The highest BCUT2D eigenvalue weighted by Gasteiger charge is 2.15. The van der Waals surface area contributed by atoms with Gasteiger partial charge in [0.1, 0.15) is 5.75 Å².